The van der Waals surface area contributed by atoms with Crippen LogP contribution in [0.5, 0.6) is 11.5 Å². The van der Waals surface area contributed by atoms with Crippen molar-refractivity contribution in [1.82, 2.24) is 4.98 Å². The summed E-state index contributed by atoms with van der Waals surface area (Å²) in [6.45, 7) is 1.83. The zero-order chi connectivity index (χ0) is 17.7. The minimum absolute atomic E-state index is 0.0408. The van der Waals surface area contributed by atoms with E-state index in [1.807, 2.05) is 0 Å². The maximum absolute atomic E-state index is 10.8. The molecule has 2 N–H and O–H groups in total. The van der Waals surface area contributed by atoms with E-state index in [9.17, 15) is 15.2 Å². The van der Waals surface area contributed by atoms with Gasteiger partial charge in [-0.25, -0.2) is 4.98 Å². The average Bonchev–Trinajstić information content (AvgIpc) is 2.58. The fourth-order valence-corrected chi connectivity index (χ4v) is 2.22. The van der Waals surface area contributed by atoms with Gasteiger partial charge in [0.15, 0.2) is 11.5 Å². The molecule has 1 aromatic heterocycles. The summed E-state index contributed by atoms with van der Waals surface area (Å²) < 4.78 is 10.4. The SMILES string of the molecule is COc1ccc(C(O)CNc2cc(C)c([N+](=O)[O-])cn2)cc1OC. The van der Waals surface area contributed by atoms with Crippen LogP contribution in [0, 0.1) is 17.0 Å². The van der Waals surface area contributed by atoms with Gasteiger partial charge >= 0.3 is 0 Å². The van der Waals surface area contributed by atoms with Crippen molar-refractivity contribution in [3.05, 3.63) is 51.7 Å². The molecule has 8 heteroatoms. The number of hydrogen-bond donors (Lipinski definition) is 2. The predicted octanol–water partition coefficient (Wildman–Crippen LogP) is 2.46. The predicted molar refractivity (Wildman–Crippen MR) is 88.6 cm³/mol. The highest BCUT2D eigenvalue weighted by molar-refractivity contribution is 5.47. The first-order valence-corrected chi connectivity index (χ1v) is 7.21. The number of aromatic nitrogens is 1. The largest absolute Gasteiger partial charge is 0.493 e. The summed E-state index contributed by atoms with van der Waals surface area (Å²) in [5.74, 6) is 1.56. The molecule has 1 aromatic carbocycles. The zero-order valence-electron chi connectivity index (χ0n) is 13.6. The van der Waals surface area contributed by atoms with E-state index in [1.54, 1.807) is 31.2 Å². The number of ether oxygens (including phenoxy) is 2. The van der Waals surface area contributed by atoms with Crippen LogP contribution >= 0.6 is 0 Å². The number of nitrogens with one attached hydrogen (secondary N) is 1. The van der Waals surface area contributed by atoms with Crippen LogP contribution < -0.4 is 14.8 Å². The molecule has 0 aliphatic rings. The summed E-state index contributed by atoms with van der Waals surface area (Å²) in [6, 6.07) is 6.72. The number of aliphatic hydroxyl groups excluding tert-OH is 1. The Morgan fingerprint density at radius 2 is 2.00 bits per heavy atom. The van der Waals surface area contributed by atoms with Crippen molar-refractivity contribution in [3.63, 3.8) is 0 Å². The lowest BCUT2D eigenvalue weighted by atomic mass is 10.1. The quantitative estimate of drug-likeness (QED) is 0.592. The molecule has 2 aromatic rings. The second-order valence-corrected chi connectivity index (χ2v) is 5.12. The van der Waals surface area contributed by atoms with Gasteiger partial charge in [0.25, 0.3) is 5.69 Å². The third-order valence-electron chi connectivity index (χ3n) is 3.55. The van der Waals surface area contributed by atoms with Crippen molar-refractivity contribution in [2.75, 3.05) is 26.1 Å². The Kier molecular flexibility index (Phi) is 5.54. The first-order valence-electron chi connectivity index (χ1n) is 7.21. The van der Waals surface area contributed by atoms with Crippen LogP contribution in [-0.2, 0) is 0 Å². The Labute approximate surface area is 139 Å². The van der Waals surface area contributed by atoms with E-state index in [0.717, 1.165) is 0 Å². The third-order valence-corrected chi connectivity index (χ3v) is 3.55. The van der Waals surface area contributed by atoms with Crippen molar-refractivity contribution < 1.29 is 19.5 Å². The average molecular weight is 333 g/mol. The molecule has 1 heterocycles. The molecule has 1 unspecified atom stereocenters. The molecule has 2 rings (SSSR count). The molecule has 0 fully saturated rings. The normalized spacial score (nSPS) is 11.7. The third kappa shape index (κ3) is 3.90. The minimum Gasteiger partial charge on any atom is -0.493 e. The van der Waals surface area contributed by atoms with Crippen molar-refractivity contribution in [2.24, 2.45) is 0 Å². The van der Waals surface area contributed by atoms with Gasteiger partial charge in [0, 0.05) is 12.1 Å². The van der Waals surface area contributed by atoms with Gasteiger partial charge in [-0.05, 0) is 30.7 Å². The van der Waals surface area contributed by atoms with Gasteiger partial charge in [0.1, 0.15) is 12.0 Å². The minimum atomic E-state index is -0.804. The lowest BCUT2D eigenvalue weighted by molar-refractivity contribution is -0.385. The molecule has 8 nitrogen and oxygen atoms in total. The Hall–Kier alpha value is -2.87. The molecule has 0 aliphatic heterocycles. The Morgan fingerprint density at radius 3 is 2.58 bits per heavy atom. The smallest absolute Gasteiger partial charge is 0.290 e. The Morgan fingerprint density at radius 1 is 1.29 bits per heavy atom. The molecule has 24 heavy (non-hydrogen) atoms. The summed E-state index contributed by atoms with van der Waals surface area (Å²) >= 11 is 0. The molecule has 128 valence electrons. The number of nitro groups is 1. The summed E-state index contributed by atoms with van der Waals surface area (Å²) in [4.78, 5) is 14.3. The van der Waals surface area contributed by atoms with Gasteiger partial charge in [-0.2, -0.15) is 0 Å². The van der Waals surface area contributed by atoms with E-state index in [1.165, 1.54) is 20.4 Å². The van der Waals surface area contributed by atoms with E-state index in [4.69, 9.17) is 9.47 Å². The molecule has 0 bridgehead atoms. The molecule has 0 aliphatic carbocycles. The maximum Gasteiger partial charge on any atom is 0.290 e. The van der Waals surface area contributed by atoms with Crippen LogP contribution in [-0.4, -0.2) is 35.8 Å². The molecule has 0 amide bonds. The second-order valence-electron chi connectivity index (χ2n) is 5.12. The first kappa shape index (κ1) is 17.5. The lowest BCUT2D eigenvalue weighted by Crippen LogP contribution is -2.13. The fourth-order valence-electron chi connectivity index (χ4n) is 2.22. The molecule has 0 spiro atoms. The zero-order valence-corrected chi connectivity index (χ0v) is 13.6. The lowest BCUT2D eigenvalue weighted by Gasteiger charge is -2.15. The molecular weight excluding hydrogens is 314 g/mol. The molecular formula is C16H19N3O5. The number of pyridine rings is 1. The highest BCUT2D eigenvalue weighted by Crippen LogP contribution is 2.30. The van der Waals surface area contributed by atoms with E-state index in [0.29, 0.717) is 28.4 Å². The van der Waals surface area contributed by atoms with Crippen LogP contribution in [0.3, 0.4) is 0 Å². The fraction of sp³-hybridized carbons (Fsp3) is 0.312. The van der Waals surface area contributed by atoms with E-state index in [2.05, 4.69) is 10.3 Å². The summed E-state index contributed by atoms with van der Waals surface area (Å²) in [5.41, 5.74) is 1.11. The van der Waals surface area contributed by atoms with Crippen LogP contribution in [0.4, 0.5) is 11.5 Å². The van der Waals surface area contributed by atoms with Crippen molar-refractivity contribution in [2.45, 2.75) is 13.0 Å². The van der Waals surface area contributed by atoms with Crippen molar-refractivity contribution in [3.8, 4) is 11.5 Å². The second kappa shape index (κ2) is 7.60. The Balaban J connectivity index is 2.06. The van der Waals surface area contributed by atoms with Crippen molar-refractivity contribution in [1.29, 1.82) is 0 Å². The Bertz CT molecular complexity index is 736. The molecule has 1 atom stereocenters. The summed E-state index contributed by atoms with van der Waals surface area (Å²) in [7, 11) is 3.06. The molecule has 0 radical (unpaired) electrons. The van der Waals surface area contributed by atoms with E-state index in [-0.39, 0.29) is 12.2 Å². The van der Waals surface area contributed by atoms with Gasteiger partial charge < -0.3 is 19.9 Å². The number of hydrogen-bond acceptors (Lipinski definition) is 7. The topological polar surface area (TPSA) is 107 Å². The number of aryl methyl sites for hydroxylation is 1. The number of nitrogens with zero attached hydrogens (tertiary/aromatic N) is 2. The molecule has 0 saturated carbocycles. The monoisotopic (exact) mass is 333 g/mol. The van der Waals surface area contributed by atoms with E-state index < -0.39 is 11.0 Å². The van der Waals surface area contributed by atoms with E-state index >= 15 is 0 Å². The van der Waals surface area contributed by atoms with Crippen molar-refractivity contribution >= 4 is 11.5 Å². The maximum atomic E-state index is 10.8. The number of aliphatic hydroxyl groups is 1. The highest BCUT2D eigenvalue weighted by Gasteiger charge is 2.14. The number of anilines is 1. The van der Waals surface area contributed by atoms with Gasteiger partial charge in [0.05, 0.1) is 25.2 Å². The molecule has 0 saturated heterocycles. The highest BCUT2D eigenvalue weighted by atomic mass is 16.6. The van der Waals surface area contributed by atoms with Gasteiger partial charge in [-0.3, -0.25) is 10.1 Å². The van der Waals surface area contributed by atoms with Crippen LogP contribution in [0.25, 0.3) is 0 Å². The van der Waals surface area contributed by atoms with Gasteiger partial charge in [-0.1, -0.05) is 6.07 Å². The van der Waals surface area contributed by atoms with Crippen LogP contribution in [0.1, 0.15) is 17.2 Å². The summed E-state index contributed by atoms with van der Waals surface area (Å²) in [5, 5.41) is 24.0. The number of methoxy groups -OCH3 is 2. The number of rotatable bonds is 7. The van der Waals surface area contributed by atoms with Crippen LogP contribution in [0.15, 0.2) is 30.5 Å². The summed E-state index contributed by atoms with van der Waals surface area (Å²) in [6.07, 6.45) is 0.391. The van der Waals surface area contributed by atoms with Crippen LogP contribution in [0.2, 0.25) is 0 Å². The van der Waals surface area contributed by atoms with Gasteiger partial charge in [0.2, 0.25) is 0 Å². The first-order chi connectivity index (χ1) is 11.5. The van der Waals surface area contributed by atoms with Gasteiger partial charge in [-0.15, -0.1) is 0 Å². The number of benzene rings is 1. The standard InChI is InChI=1S/C16H19N3O5/c1-10-6-16(17-8-12(10)19(21)22)18-9-13(20)11-4-5-14(23-2)15(7-11)24-3/h4-8,13,20H,9H2,1-3H3,(H,17,18).